The second-order valence-corrected chi connectivity index (χ2v) is 13.5. The number of fused-ring (bicyclic) bond motifs is 2. The van der Waals surface area contributed by atoms with Crippen LogP contribution in [0.2, 0.25) is 0 Å². The van der Waals surface area contributed by atoms with Gasteiger partial charge in [0.05, 0.1) is 11.8 Å². The lowest BCUT2D eigenvalue weighted by atomic mass is 9.88. The minimum atomic E-state index is -4.79. The van der Waals surface area contributed by atoms with Gasteiger partial charge in [-0.05, 0) is 53.4 Å². The number of ether oxygens (including phenoxy) is 6. The Labute approximate surface area is 254 Å². The third-order valence-corrected chi connectivity index (χ3v) is 9.71. The first-order chi connectivity index (χ1) is 20.8. The molecule has 0 spiro atoms. The second-order valence-electron chi connectivity index (χ2n) is 13.5. The lowest BCUT2D eigenvalue weighted by molar-refractivity contribution is -0.226. The zero-order valence-corrected chi connectivity index (χ0v) is 24.9. The quantitative estimate of drug-likeness (QED) is 0.215. The zero-order chi connectivity index (χ0) is 33.2. The van der Waals surface area contributed by atoms with Gasteiger partial charge in [-0.25, -0.2) is 18.8 Å². The van der Waals surface area contributed by atoms with Crippen molar-refractivity contribution < 1.29 is 74.8 Å². The molecule has 4 bridgehead atoms. The number of rotatable bonds is 8. The van der Waals surface area contributed by atoms with Crippen LogP contribution in [0.3, 0.4) is 0 Å². The average molecular weight is 651 g/mol. The summed E-state index contributed by atoms with van der Waals surface area (Å²) in [6.07, 6.45) is -3.94. The summed E-state index contributed by atoms with van der Waals surface area (Å²) in [5.74, 6) is -4.76. The number of esters is 6. The summed E-state index contributed by atoms with van der Waals surface area (Å²) < 4.78 is 81.3. The number of halogens is 4. The van der Waals surface area contributed by atoms with Crippen molar-refractivity contribution in [3.05, 3.63) is 0 Å². The van der Waals surface area contributed by atoms with Gasteiger partial charge >= 0.3 is 42.0 Å². The van der Waals surface area contributed by atoms with E-state index >= 15 is 0 Å². The number of carbonyl (C=O) groups excluding carboxylic acids is 6. The molecule has 6 fully saturated rings. The standard InChI is InChI=1S/C15H17F3O6.C14H17FO6/c1-14(2,15(16,17)18)13(21)22-5-9(19)23-10-6-3-7-8(4-6)12(20)24-11(7)10;1-14(2,15)13(18)19-5-9(16)20-10-6-3-7-8(4-6)12(17)21-11(7)10/h6-8,10-11H,3-5H2,1-2H3;6-8,10-11H,3-5H2,1-2H3. The van der Waals surface area contributed by atoms with Crippen LogP contribution >= 0.6 is 0 Å². The third kappa shape index (κ3) is 6.08. The molecule has 0 radical (unpaired) electrons. The predicted molar refractivity (Wildman–Crippen MR) is 136 cm³/mol. The van der Waals surface area contributed by atoms with Crippen molar-refractivity contribution in [2.24, 2.45) is 40.9 Å². The lowest BCUT2D eigenvalue weighted by Gasteiger charge is -2.26. The maximum absolute atomic E-state index is 13.2. The van der Waals surface area contributed by atoms with Crippen molar-refractivity contribution in [2.45, 2.75) is 89.6 Å². The highest BCUT2D eigenvalue weighted by atomic mass is 19.4. The Morgan fingerprint density at radius 2 is 1.09 bits per heavy atom. The Kier molecular flexibility index (Phi) is 8.34. The van der Waals surface area contributed by atoms with Crippen molar-refractivity contribution in [1.29, 1.82) is 0 Å². The van der Waals surface area contributed by atoms with E-state index < -0.39 is 72.7 Å². The normalized spacial score (nSPS) is 35.3. The van der Waals surface area contributed by atoms with E-state index in [1.165, 1.54) is 0 Å². The van der Waals surface area contributed by atoms with Crippen molar-refractivity contribution >= 4 is 35.8 Å². The molecule has 2 saturated heterocycles. The molecule has 16 heteroatoms. The van der Waals surface area contributed by atoms with Gasteiger partial charge in [0.15, 0.2) is 18.6 Å². The molecule has 0 N–H and O–H groups in total. The van der Waals surface area contributed by atoms with Gasteiger partial charge in [-0.1, -0.05) is 0 Å². The molecule has 2 heterocycles. The lowest BCUT2D eigenvalue weighted by Crippen LogP contribution is -2.42. The molecule has 4 saturated carbocycles. The van der Waals surface area contributed by atoms with Crippen LogP contribution in [0.5, 0.6) is 0 Å². The minimum Gasteiger partial charge on any atom is -0.458 e. The molecule has 45 heavy (non-hydrogen) atoms. The molecule has 4 aliphatic carbocycles. The van der Waals surface area contributed by atoms with Crippen LogP contribution in [0.4, 0.5) is 17.6 Å². The number of carbonyl (C=O) groups is 6. The molecule has 0 amide bonds. The van der Waals surface area contributed by atoms with E-state index in [4.69, 9.17) is 18.9 Å². The second kappa shape index (κ2) is 11.4. The van der Waals surface area contributed by atoms with Crippen LogP contribution in [-0.4, -0.2) is 85.3 Å². The van der Waals surface area contributed by atoms with Crippen molar-refractivity contribution in [2.75, 3.05) is 13.2 Å². The molecule has 250 valence electrons. The predicted octanol–water partition coefficient (Wildman–Crippen LogP) is 2.38. The molecule has 10 atom stereocenters. The Balaban J connectivity index is 0.000000179. The van der Waals surface area contributed by atoms with E-state index in [0.29, 0.717) is 26.7 Å². The van der Waals surface area contributed by atoms with Gasteiger partial charge in [0, 0.05) is 23.7 Å². The molecule has 10 unspecified atom stereocenters. The minimum absolute atomic E-state index is 0.00252. The summed E-state index contributed by atoms with van der Waals surface area (Å²) in [6.45, 7) is 1.91. The summed E-state index contributed by atoms with van der Waals surface area (Å²) in [5.41, 5.74) is -4.87. The number of hydrogen-bond donors (Lipinski definition) is 0. The van der Waals surface area contributed by atoms with Crippen LogP contribution in [0, 0.1) is 40.9 Å². The molecular formula is C29H34F4O12. The average Bonchev–Trinajstić information content (AvgIpc) is 3.75. The monoisotopic (exact) mass is 650 g/mol. The van der Waals surface area contributed by atoms with E-state index in [1.807, 2.05) is 0 Å². The fourth-order valence-corrected chi connectivity index (χ4v) is 7.22. The van der Waals surface area contributed by atoms with E-state index in [9.17, 15) is 46.3 Å². The molecule has 6 rings (SSSR count). The maximum atomic E-state index is 13.2. The topological polar surface area (TPSA) is 158 Å². The highest BCUT2D eigenvalue weighted by molar-refractivity contribution is 5.82. The first-order valence-electron chi connectivity index (χ1n) is 14.7. The summed E-state index contributed by atoms with van der Waals surface area (Å²) in [4.78, 5) is 69.4. The summed E-state index contributed by atoms with van der Waals surface area (Å²) in [6, 6.07) is 0. The molecule has 6 aliphatic rings. The summed E-state index contributed by atoms with van der Waals surface area (Å²) in [5, 5.41) is 0. The van der Waals surface area contributed by atoms with Crippen LogP contribution in [0.1, 0.15) is 53.4 Å². The van der Waals surface area contributed by atoms with Crippen LogP contribution < -0.4 is 0 Å². The van der Waals surface area contributed by atoms with Gasteiger partial charge in [0.25, 0.3) is 0 Å². The van der Waals surface area contributed by atoms with Crippen LogP contribution in [0.15, 0.2) is 0 Å². The van der Waals surface area contributed by atoms with Gasteiger partial charge in [0.2, 0.25) is 5.67 Å². The number of alkyl halides is 4. The first kappa shape index (κ1) is 32.9. The van der Waals surface area contributed by atoms with Crippen molar-refractivity contribution in [3.8, 4) is 0 Å². The fourth-order valence-electron chi connectivity index (χ4n) is 7.22. The van der Waals surface area contributed by atoms with E-state index in [-0.39, 0.29) is 53.6 Å². The van der Waals surface area contributed by atoms with Gasteiger partial charge in [-0.15, -0.1) is 0 Å². The molecule has 0 aromatic carbocycles. The maximum Gasteiger partial charge on any atom is 0.404 e. The van der Waals surface area contributed by atoms with Gasteiger partial charge in [-0.3, -0.25) is 14.4 Å². The summed E-state index contributed by atoms with van der Waals surface area (Å²) >= 11 is 0. The van der Waals surface area contributed by atoms with Crippen molar-refractivity contribution in [3.63, 3.8) is 0 Å². The van der Waals surface area contributed by atoms with Gasteiger partial charge in [0.1, 0.15) is 24.4 Å². The van der Waals surface area contributed by atoms with Crippen LogP contribution in [0.25, 0.3) is 0 Å². The first-order valence-corrected chi connectivity index (χ1v) is 14.7. The molecule has 2 aliphatic heterocycles. The smallest absolute Gasteiger partial charge is 0.404 e. The van der Waals surface area contributed by atoms with E-state index in [1.54, 1.807) is 0 Å². The van der Waals surface area contributed by atoms with E-state index in [2.05, 4.69) is 9.47 Å². The third-order valence-electron chi connectivity index (χ3n) is 9.71. The molecule has 0 aromatic rings. The SMILES string of the molecule is CC(C)(C(=O)OCC(=O)OC1C2CC3C(=O)OC1C3C2)C(F)(F)F.CC(C)(F)C(=O)OCC(=O)OC1C2CC3C(=O)OC1C3C2. The highest BCUT2D eigenvalue weighted by Gasteiger charge is 2.64. The van der Waals surface area contributed by atoms with Crippen molar-refractivity contribution in [1.82, 2.24) is 0 Å². The molecule has 0 aromatic heterocycles. The Morgan fingerprint density at radius 3 is 1.47 bits per heavy atom. The summed E-state index contributed by atoms with van der Waals surface area (Å²) in [7, 11) is 0. The zero-order valence-electron chi connectivity index (χ0n) is 24.9. The Bertz CT molecular complexity index is 1270. The van der Waals surface area contributed by atoms with E-state index in [0.717, 1.165) is 26.7 Å². The van der Waals surface area contributed by atoms with Crippen LogP contribution in [-0.2, 0) is 57.2 Å². The molecule has 12 nitrogen and oxygen atoms in total. The highest BCUT2D eigenvalue weighted by Crippen LogP contribution is 2.56. The fraction of sp³-hybridized carbons (Fsp3) is 0.793. The Morgan fingerprint density at radius 1 is 0.689 bits per heavy atom. The largest absolute Gasteiger partial charge is 0.458 e. The Hall–Kier alpha value is -3.46. The van der Waals surface area contributed by atoms with Gasteiger partial charge < -0.3 is 28.4 Å². The number of hydrogen-bond acceptors (Lipinski definition) is 12. The van der Waals surface area contributed by atoms with Gasteiger partial charge in [-0.2, -0.15) is 13.2 Å². The molecular weight excluding hydrogens is 616 g/mol.